The predicted molar refractivity (Wildman–Crippen MR) is 119 cm³/mol. The lowest BCUT2D eigenvalue weighted by atomic mass is 9.74. The first-order valence-corrected chi connectivity index (χ1v) is 10.8. The van der Waals surface area contributed by atoms with Gasteiger partial charge in [-0.2, -0.15) is 26.3 Å². The zero-order chi connectivity index (χ0) is 24.1. The summed E-state index contributed by atoms with van der Waals surface area (Å²) in [4.78, 5) is 0. The number of hydrogen-bond donors (Lipinski definition) is 1. The van der Waals surface area contributed by atoms with Crippen molar-refractivity contribution in [3.63, 3.8) is 0 Å². The zero-order valence-corrected chi connectivity index (χ0v) is 19.5. The second-order valence-corrected chi connectivity index (χ2v) is 8.19. The predicted octanol–water partition coefficient (Wildman–Crippen LogP) is 6.56. The van der Waals surface area contributed by atoms with Crippen molar-refractivity contribution in [1.29, 1.82) is 0 Å². The highest BCUT2D eigenvalue weighted by molar-refractivity contribution is 5.85. The fraction of sp³-hybridized carbons (Fsp3) is 0.500. The molecular weight excluding hydrogens is 484 g/mol. The fourth-order valence-corrected chi connectivity index (χ4v) is 4.10. The number of benzene rings is 2. The van der Waals surface area contributed by atoms with Crippen molar-refractivity contribution >= 4 is 12.4 Å². The lowest BCUT2D eigenvalue weighted by molar-refractivity contribution is -0.143. The Morgan fingerprint density at radius 3 is 1.97 bits per heavy atom. The summed E-state index contributed by atoms with van der Waals surface area (Å²) >= 11 is 0. The van der Waals surface area contributed by atoms with E-state index < -0.39 is 35.0 Å². The van der Waals surface area contributed by atoms with Crippen LogP contribution in [0.3, 0.4) is 0 Å². The van der Waals surface area contributed by atoms with E-state index >= 15 is 0 Å². The van der Waals surface area contributed by atoms with E-state index in [0.717, 1.165) is 43.6 Å². The maximum Gasteiger partial charge on any atom is 0.416 e. The highest BCUT2D eigenvalue weighted by atomic mass is 35.5. The fourth-order valence-electron chi connectivity index (χ4n) is 4.10. The van der Waals surface area contributed by atoms with Crippen LogP contribution < -0.4 is 5.32 Å². The minimum Gasteiger partial charge on any atom is -0.379 e. The van der Waals surface area contributed by atoms with Gasteiger partial charge in [-0.3, -0.25) is 0 Å². The first-order chi connectivity index (χ1) is 15.5. The molecule has 0 radical (unpaired) electrons. The van der Waals surface area contributed by atoms with Crippen LogP contribution in [-0.2, 0) is 27.2 Å². The van der Waals surface area contributed by atoms with Crippen LogP contribution in [-0.4, -0.2) is 32.9 Å². The van der Waals surface area contributed by atoms with Crippen LogP contribution in [0.1, 0.15) is 48.1 Å². The summed E-state index contributed by atoms with van der Waals surface area (Å²) in [6, 6.07) is 11.2. The maximum atomic E-state index is 13.4. The average Bonchev–Trinajstić information content (AvgIpc) is 2.79. The van der Waals surface area contributed by atoms with Gasteiger partial charge in [0.05, 0.1) is 24.3 Å². The van der Waals surface area contributed by atoms with Gasteiger partial charge in [-0.05, 0) is 62.2 Å². The van der Waals surface area contributed by atoms with E-state index in [-0.39, 0.29) is 43.9 Å². The minimum absolute atomic E-state index is 0. The summed E-state index contributed by atoms with van der Waals surface area (Å²) in [7, 11) is 0. The normalized spacial score (nSPS) is 17.1. The summed E-state index contributed by atoms with van der Waals surface area (Å²) < 4.78 is 91.6. The Morgan fingerprint density at radius 2 is 1.47 bits per heavy atom. The Morgan fingerprint density at radius 1 is 0.912 bits per heavy atom. The Hall–Kier alpha value is -1.81. The molecule has 1 atom stereocenters. The Kier molecular flexibility index (Phi) is 9.82. The molecule has 3 nitrogen and oxygen atoms in total. The number of rotatable bonds is 8. The number of hydrogen-bond acceptors (Lipinski definition) is 3. The molecule has 190 valence electrons. The highest BCUT2D eigenvalue weighted by Gasteiger charge is 2.39. The molecule has 1 aliphatic rings. The molecule has 1 aliphatic heterocycles. The molecule has 2 aromatic carbocycles. The lowest BCUT2D eigenvalue weighted by Gasteiger charge is -2.39. The molecule has 1 fully saturated rings. The molecule has 0 aliphatic carbocycles. The van der Waals surface area contributed by atoms with Crippen LogP contribution in [0, 0.1) is 0 Å². The molecule has 1 N–H and O–H groups in total. The smallest absolute Gasteiger partial charge is 0.379 e. The number of piperidine rings is 1. The van der Waals surface area contributed by atoms with Gasteiger partial charge in [0.1, 0.15) is 6.10 Å². The molecule has 0 saturated carbocycles. The van der Waals surface area contributed by atoms with Gasteiger partial charge in [0.2, 0.25) is 0 Å². The van der Waals surface area contributed by atoms with Crippen molar-refractivity contribution in [1.82, 2.24) is 5.32 Å². The highest BCUT2D eigenvalue weighted by Crippen LogP contribution is 2.39. The second-order valence-electron chi connectivity index (χ2n) is 8.19. The average molecular weight is 512 g/mol. The van der Waals surface area contributed by atoms with Crippen molar-refractivity contribution in [2.24, 2.45) is 0 Å². The van der Waals surface area contributed by atoms with Crippen LogP contribution in [0.25, 0.3) is 0 Å². The monoisotopic (exact) mass is 511 g/mol. The molecule has 0 amide bonds. The van der Waals surface area contributed by atoms with Gasteiger partial charge < -0.3 is 14.8 Å². The molecular formula is C24H28ClF6NO2. The lowest BCUT2D eigenvalue weighted by Crippen LogP contribution is -2.43. The van der Waals surface area contributed by atoms with Gasteiger partial charge in [-0.25, -0.2) is 0 Å². The van der Waals surface area contributed by atoms with Crippen molar-refractivity contribution in [3.8, 4) is 0 Å². The van der Waals surface area contributed by atoms with Gasteiger partial charge >= 0.3 is 12.4 Å². The van der Waals surface area contributed by atoms with E-state index in [0.29, 0.717) is 0 Å². The van der Waals surface area contributed by atoms with Crippen molar-refractivity contribution in [2.45, 2.75) is 43.6 Å². The molecule has 2 aromatic rings. The summed E-state index contributed by atoms with van der Waals surface area (Å²) in [5, 5.41) is 3.28. The Labute approximate surface area is 201 Å². The third-order valence-corrected chi connectivity index (χ3v) is 5.96. The maximum absolute atomic E-state index is 13.4. The second kappa shape index (κ2) is 11.7. The van der Waals surface area contributed by atoms with Gasteiger partial charge in [0.15, 0.2) is 0 Å². The molecule has 1 saturated heterocycles. The van der Waals surface area contributed by atoms with Crippen LogP contribution in [0.4, 0.5) is 26.3 Å². The minimum atomic E-state index is -4.92. The first-order valence-electron chi connectivity index (χ1n) is 10.8. The topological polar surface area (TPSA) is 30.5 Å². The molecule has 0 bridgehead atoms. The molecule has 10 heteroatoms. The third kappa shape index (κ3) is 7.10. The van der Waals surface area contributed by atoms with E-state index in [4.69, 9.17) is 9.47 Å². The molecule has 3 rings (SSSR count). The van der Waals surface area contributed by atoms with Crippen molar-refractivity contribution in [2.75, 3.05) is 32.9 Å². The quantitative estimate of drug-likeness (QED) is 0.407. The molecule has 34 heavy (non-hydrogen) atoms. The number of halogens is 7. The largest absolute Gasteiger partial charge is 0.416 e. The van der Waals surface area contributed by atoms with Crippen LogP contribution >= 0.6 is 12.4 Å². The summed E-state index contributed by atoms with van der Waals surface area (Å²) in [5.41, 5.74) is -2.30. The van der Waals surface area contributed by atoms with Gasteiger partial charge in [-0.15, -0.1) is 12.4 Å². The van der Waals surface area contributed by atoms with Gasteiger partial charge in [0, 0.05) is 12.0 Å². The SMILES string of the molecule is CCOCC(OCC1(c2ccccc2)CCNCC1)c1cc(C(F)(F)F)cc(C(F)(F)F)c1.Cl. The molecule has 0 spiro atoms. The molecule has 1 heterocycles. The summed E-state index contributed by atoms with van der Waals surface area (Å²) in [5.74, 6) is 0. The van der Waals surface area contributed by atoms with E-state index in [1.54, 1.807) is 6.92 Å². The van der Waals surface area contributed by atoms with Gasteiger partial charge in [-0.1, -0.05) is 30.3 Å². The Bertz CT molecular complexity index is 866. The first kappa shape index (κ1) is 28.4. The van der Waals surface area contributed by atoms with E-state index in [2.05, 4.69) is 5.32 Å². The van der Waals surface area contributed by atoms with Gasteiger partial charge in [0.25, 0.3) is 0 Å². The van der Waals surface area contributed by atoms with Crippen LogP contribution in [0.5, 0.6) is 0 Å². The van der Waals surface area contributed by atoms with E-state index in [1.165, 1.54) is 0 Å². The molecule has 1 unspecified atom stereocenters. The van der Waals surface area contributed by atoms with Crippen molar-refractivity contribution in [3.05, 3.63) is 70.8 Å². The number of nitrogens with one attached hydrogen (secondary N) is 1. The Balaban J connectivity index is 0.00000408. The van der Waals surface area contributed by atoms with E-state index in [1.807, 2.05) is 30.3 Å². The number of ether oxygens (including phenoxy) is 2. The molecule has 0 aromatic heterocycles. The van der Waals surface area contributed by atoms with Crippen LogP contribution in [0.2, 0.25) is 0 Å². The third-order valence-electron chi connectivity index (χ3n) is 5.96. The summed E-state index contributed by atoms with van der Waals surface area (Å²) in [6.45, 7) is 3.40. The summed E-state index contributed by atoms with van der Waals surface area (Å²) in [6.07, 6.45) is -9.47. The zero-order valence-electron chi connectivity index (χ0n) is 18.6. The number of alkyl halides is 6. The van der Waals surface area contributed by atoms with E-state index in [9.17, 15) is 26.3 Å². The van der Waals surface area contributed by atoms with Crippen LogP contribution in [0.15, 0.2) is 48.5 Å². The standard InChI is InChI=1S/C24H27F6NO2.ClH/c1-2-32-15-21(17-12-19(23(25,26)27)14-20(13-17)24(28,29)30)33-16-22(8-10-31-11-9-22)18-6-4-3-5-7-18;/h3-7,12-14,21,31H,2,8-11,15-16H2,1H3;1H. The van der Waals surface area contributed by atoms with Crippen molar-refractivity contribution < 1.29 is 35.8 Å².